The van der Waals surface area contributed by atoms with Gasteiger partial charge in [-0.2, -0.15) is 0 Å². The normalized spacial score (nSPS) is 13.7. The Balaban J connectivity index is 1.78. The number of carbonyl (C=O) groups excluding carboxylic acids is 2. The average Bonchev–Trinajstić information content (AvgIpc) is 2.83. The molecule has 9 heteroatoms. The minimum absolute atomic E-state index is 0.332. The largest absolute Gasteiger partial charge is 0.493 e. The van der Waals surface area contributed by atoms with E-state index in [2.05, 4.69) is 10.2 Å². The smallest absolute Gasteiger partial charge is 0.340 e. The topological polar surface area (TPSA) is 86.3 Å². The molecule has 1 heterocycles. The Morgan fingerprint density at radius 1 is 1.09 bits per heavy atom. The van der Waals surface area contributed by atoms with Gasteiger partial charge in [0.05, 0.1) is 50.8 Å². The molecule has 1 N–H and O–H groups in total. The van der Waals surface area contributed by atoms with Crippen LogP contribution in [-0.4, -0.2) is 59.5 Å². The number of amides is 1. The number of nitrogens with zero attached hydrogens (tertiary/aromatic N) is 1. The van der Waals surface area contributed by atoms with Gasteiger partial charge >= 0.3 is 5.97 Å². The quantitative estimate of drug-likeness (QED) is 0.498. The highest BCUT2D eigenvalue weighted by atomic mass is 35.5. The number of carbonyl (C=O) groups is 2. The van der Waals surface area contributed by atoms with Crippen LogP contribution in [0, 0.1) is 0 Å². The first kappa shape index (κ1) is 23.4. The standard InChI is InChI=1S/C23H25ClN2O6/c1-29-19-8-4-15(21(24)22(19)30-2)5-9-20(27)25-16-6-7-18(17(14-16)23(28)31-3)26-10-12-32-13-11-26/h4-9,14H,10-13H2,1-3H3,(H,25,27). The van der Waals surface area contributed by atoms with Crippen molar-refractivity contribution in [2.75, 3.05) is 57.8 Å². The van der Waals surface area contributed by atoms with Gasteiger partial charge in [-0.15, -0.1) is 0 Å². The van der Waals surface area contributed by atoms with Gasteiger partial charge in [-0.05, 0) is 42.0 Å². The van der Waals surface area contributed by atoms with Crippen LogP contribution in [0.1, 0.15) is 15.9 Å². The zero-order valence-electron chi connectivity index (χ0n) is 18.1. The van der Waals surface area contributed by atoms with Crippen LogP contribution in [0.5, 0.6) is 11.5 Å². The SMILES string of the molecule is COC(=O)c1cc(NC(=O)C=Cc2ccc(OC)c(OC)c2Cl)ccc1N1CCOCC1. The number of hydrogen-bond donors (Lipinski definition) is 1. The van der Waals surface area contributed by atoms with Crippen LogP contribution in [0.15, 0.2) is 36.4 Å². The molecule has 32 heavy (non-hydrogen) atoms. The van der Waals surface area contributed by atoms with Crippen LogP contribution in [0.25, 0.3) is 6.08 Å². The zero-order chi connectivity index (χ0) is 23.1. The Labute approximate surface area is 191 Å². The first-order valence-corrected chi connectivity index (χ1v) is 10.3. The molecule has 8 nitrogen and oxygen atoms in total. The number of morpholine rings is 1. The van der Waals surface area contributed by atoms with Gasteiger partial charge in [-0.3, -0.25) is 4.79 Å². The fourth-order valence-corrected chi connectivity index (χ4v) is 3.65. The third-order valence-electron chi connectivity index (χ3n) is 4.95. The number of esters is 1. The van der Waals surface area contributed by atoms with Crippen molar-refractivity contribution in [3.05, 3.63) is 52.6 Å². The maximum Gasteiger partial charge on any atom is 0.340 e. The van der Waals surface area contributed by atoms with Crippen molar-refractivity contribution in [2.24, 2.45) is 0 Å². The summed E-state index contributed by atoms with van der Waals surface area (Å²) in [4.78, 5) is 26.9. The van der Waals surface area contributed by atoms with Gasteiger partial charge < -0.3 is 29.2 Å². The van der Waals surface area contributed by atoms with Gasteiger partial charge in [0, 0.05) is 24.9 Å². The second kappa shape index (κ2) is 10.9. The number of hydrogen-bond acceptors (Lipinski definition) is 7. The van der Waals surface area contributed by atoms with E-state index < -0.39 is 5.97 Å². The molecule has 3 rings (SSSR count). The molecule has 2 aromatic carbocycles. The number of halogens is 1. The molecule has 0 radical (unpaired) electrons. The third-order valence-corrected chi connectivity index (χ3v) is 5.34. The highest BCUT2D eigenvalue weighted by molar-refractivity contribution is 6.34. The summed E-state index contributed by atoms with van der Waals surface area (Å²) in [6.45, 7) is 2.51. The monoisotopic (exact) mass is 460 g/mol. The van der Waals surface area contributed by atoms with Crippen LogP contribution in [-0.2, 0) is 14.3 Å². The van der Waals surface area contributed by atoms with E-state index in [4.69, 9.17) is 30.5 Å². The number of rotatable bonds is 7. The molecule has 0 saturated carbocycles. The number of nitrogens with one attached hydrogen (secondary N) is 1. The molecule has 1 aliphatic rings. The number of anilines is 2. The van der Waals surface area contributed by atoms with E-state index in [1.54, 1.807) is 36.4 Å². The maximum atomic E-state index is 12.5. The molecule has 0 unspecified atom stereocenters. The molecule has 2 aromatic rings. The molecule has 1 aliphatic heterocycles. The summed E-state index contributed by atoms with van der Waals surface area (Å²) in [5.41, 5.74) is 2.18. The highest BCUT2D eigenvalue weighted by Gasteiger charge is 2.20. The summed E-state index contributed by atoms with van der Waals surface area (Å²) in [5.74, 6) is 0.0222. The minimum atomic E-state index is -0.477. The van der Waals surface area contributed by atoms with Crippen molar-refractivity contribution >= 4 is 40.9 Å². The Morgan fingerprint density at radius 2 is 1.84 bits per heavy atom. The molecular weight excluding hydrogens is 436 g/mol. The molecule has 1 amide bonds. The van der Waals surface area contributed by atoms with E-state index in [0.29, 0.717) is 59.6 Å². The van der Waals surface area contributed by atoms with Crippen molar-refractivity contribution in [1.29, 1.82) is 0 Å². The fourth-order valence-electron chi connectivity index (χ4n) is 3.35. The maximum absolute atomic E-state index is 12.5. The van der Waals surface area contributed by atoms with Gasteiger partial charge in [-0.25, -0.2) is 4.79 Å². The lowest BCUT2D eigenvalue weighted by molar-refractivity contribution is -0.111. The molecule has 0 aliphatic carbocycles. The van der Waals surface area contributed by atoms with Gasteiger partial charge in [-0.1, -0.05) is 11.6 Å². The van der Waals surface area contributed by atoms with Crippen molar-refractivity contribution < 1.29 is 28.5 Å². The summed E-state index contributed by atoms with van der Waals surface area (Å²) >= 11 is 6.35. The van der Waals surface area contributed by atoms with Crippen LogP contribution >= 0.6 is 11.6 Å². The molecule has 170 valence electrons. The zero-order valence-corrected chi connectivity index (χ0v) is 18.9. The van der Waals surface area contributed by atoms with Crippen molar-refractivity contribution in [1.82, 2.24) is 0 Å². The van der Waals surface area contributed by atoms with Crippen LogP contribution in [0.2, 0.25) is 5.02 Å². The fraction of sp³-hybridized carbons (Fsp3) is 0.304. The molecule has 1 saturated heterocycles. The first-order chi connectivity index (χ1) is 15.5. The van der Waals surface area contributed by atoms with E-state index in [-0.39, 0.29) is 5.91 Å². The molecular formula is C23H25ClN2O6. The van der Waals surface area contributed by atoms with Crippen LogP contribution in [0.3, 0.4) is 0 Å². The number of ether oxygens (including phenoxy) is 4. The summed E-state index contributed by atoms with van der Waals surface area (Å²) < 4.78 is 20.8. The summed E-state index contributed by atoms with van der Waals surface area (Å²) in [7, 11) is 4.33. The lowest BCUT2D eigenvalue weighted by Gasteiger charge is -2.30. The first-order valence-electron chi connectivity index (χ1n) is 9.93. The molecule has 0 spiro atoms. The van der Waals surface area contributed by atoms with Gasteiger partial charge in [0.15, 0.2) is 11.5 Å². The predicted molar refractivity (Wildman–Crippen MR) is 123 cm³/mol. The second-order valence-corrected chi connectivity index (χ2v) is 7.23. The average molecular weight is 461 g/mol. The molecule has 0 bridgehead atoms. The number of methoxy groups -OCH3 is 3. The molecule has 0 aromatic heterocycles. The van der Waals surface area contributed by atoms with E-state index in [9.17, 15) is 9.59 Å². The van der Waals surface area contributed by atoms with Gasteiger partial charge in [0.1, 0.15) is 0 Å². The van der Waals surface area contributed by atoms with Crippen LogP contribution in [0.4, 0.5) is 11.4 Å². The number of benzene rings is 2. The second-order valence-electron chi connectivity index (χ2n) is 6.85. The molecule has 0 atom stereocenters. The molecule has 1 fully saturated rings. The summed E-state index contributed by atoms with van der Waals surface area (Å²) in [5, 5.41) is 3.09. The minimum Gasteiger partial charge on any atom is -0.493 e. The lowest BCUT2D eigenvalue weighted by atomic mass is 10.1. The summed E-state index contributed by atoms with van der Waals surface area (Å²) in [6.07, 6.45) is 2.92. The Kier molecular flexibility index (Phi) is 7.97. The highest BCUT2D eigenvalue weighted by Crippen LogP contribution is 2.37. The van der Waals surface area contributed by atoms with Crippen molar-refractivity contribution in [3.8, 4) is 11.5 Å². The van der Waals surface area contributed by atoms with E-state index in [1.165, 1.54) is 27.4 Å². The van der Waals surface area contributed by atoms with Crippen LogP contribution < -0.4 is 19.7 Å². The predicted octanol–water partition coefficient (Wildman–Crippen LogP) is 3.63. The van der Waals surface area contributed by atoms with Gasteiger partial charge in [0.2, 0.25) is 5.91 Å². The van der Waals surface area contributed by atoms with Gasteiger partial charge in [0.25, 0.3) is 0 Å². The summed E-state index contributed by atoms with van der Waals surface area (Å²) in [6, 6.07) is 8.56. The Morgan fingerprint density at radius 3 is 2.50 bits per heavy atom. The lowest BCUT2D eigenvalue weighted by Crippen LogP contribution is -2.37. The Bertz CT molecular complexity index is 1020. The van der Waals surface area contributed by atoms with Crippen molar-refractivity contribution in [2.45, 2.75) is 0 Å². The van der Waals surface area contributed by atoms with E-state index in [1.807, 2.05) is 0 Å². The van der Waals surface area contributed by atoms with Crippen molar-refractivity contribution in [3.63, 3.8) is 0 Å². The Hall–Kier alpha value is -3.23. The van der Waals surface area contributed by atoms with E-state index in [0.717, 1.165) is 5.69 Å². The van der Waals surface area contributed by atoms with E-state index >= 15 is 0 Å². The third kappa shape index (κ3) is 5.33.